The summed E-state index contributed by atoms with van der Waals surface area (Å²) in [4.78, 5) is 0. The standard InChI is InChI=1S/C14H14Cl2N4/c1-9-12(8-17)14(20(2)19-9)18-6-5-10-3-4-11(15)7-13(10)16/h3-4,7,18H,5-6H2,1-2H3. The van der Waals surface area contributed by atoms with E-state index < -0.39 is 0 Å². The highest BCUT2D eigenvalue weighted by molar-refractivity contribution is 6.35. The average Bonchev–Trinajstić information content (AvgIpc) is 2.66. The van der Waals surface area contributed by atoms with Crippen LogP contribution in [0, 0.1) is 18.3 Å². The number of aryl methyl sites for hydroxylation is 2. The number of hydrogen-bond donors (Lipinski definition) is 1. The zero-order valence-electron chi connectivity index (χ0n) is 11.2. The summed E-state index contributed by atoms with van der Waals surface area (Å²) in [5, 5.41) is 17.9. The van der Waals surface area contributed by atoms with Gasteiger partial charge in [-0.15, -0.1) is 0 Å². The highest BCUT2D eigenvalue weighted by Crippen LogP contribution is 2.22. The third-order valence-corrected chi connectivity index (χ3v) is 3.62. The Kier molecular flexibility index (Phi) is 4.53. The van der Waals surface area contributed by atoms with Gasteiger partial charge in [-0.1, -0.05) is 29.3 Å². The Hall–Kier alpha value is -1.70. The van der Waals surface area contributed by atoms with Crippen LogP contribution in [-0.2, 0) is 13.5 Å². The second kappa shape index (κ2) is 6.17. The van der Waals surface area contributed by atoms with Gasteiger partial charge in [0.2, 0.25) is 0 Å². The van der Waals surface area contributed by atoms with Gasteiger partial charge >= 0.3 is 0 Å². The molecule has 2 aromatic rings. The van der Waals surface area contributed by atoms with Crippen LogP contribution in [0.25, 0.3) is 0 Å². The normalized spacial score (nSPS) is 10.3. The van der Waals surface area contributed by atoms with E-state index in [4.69, 9.17) is 28.5 Å². The van der Waals surface area contributed by atoms with E-state index in [-0.39, 0.29) is 0 Å². The highest BCUT2D eigenvalue weighted by Gasteiger charge is 2.12. The minimum atomic E-state index is 0.578. The fourth-order valence-corrected chi connectivity index (χ4v) is 2.54. The van der Waals surface area contributed by atoms with Gasteiger partial charge < -0.3 is 5.32 Å². The largest absolute Gasteiger partial charge is 0.369 e. The minimum Gasteiger partial charge on any atom is -0.369 e. The summed E-state index contributed by atoms with van der Waals surface area (Å²) in [6.07, 6.45) is 0.741. The van der Waals surface area contributed by atoms with Gasteiger partial charge in [0, 0.05) is 23.6 Å². The van der Waals surface area contributed by atoms with Crippen molar-refractivity contribution in [3.05, 3.63) is 45.1 Å². The molecule has 1 heterocycles. The smallest absolute Gasteiger partial charge is 0.142 e. The molecule has 0 fully saturated rings. The molecule has 0 bridgehead atoms. The number of nitrogens with one attached hydrogen (secondary N) is 1. The first-order valence-electron chi connectivity index (χ1n) is 6.14. The Morgan fingerprint density at radius 3 is 2.80 bits per heavy atom. The summed E-state index contributed by atoms with van der Waals surface area (Å²) in [6, 6.07) is 7.62. The molecule has 1 aromatic carbocycles. The van der Waals surface area contributed by atoms with Crippen molar-refractivity contribution in [1.29, 1.82) is 5.26 Å². The quantitative estimate of drug-likeness (QED) is 0.939. The van der Waals surface area contributed by atoms with Crippen molar-refractivity contribution >= 4 is 29.0 Å². The summed E-state index contributed by atoms with van der Waals surface area (Å²) in [7, 11) is 1.81. The Labute approximate surface area is 127 Å². The molecule has 0 aliphatic heterocycles. The van der Waals surface area contributed by atoms with Gasteiger partial charge in [-0.05, 0) is 31.0 Å². The number of nitrogens with zero attached hydrogens (tertiary/aromatic N) is 3. The lowest BCUT2D eigenvalue weighted by molar-refractivity contribution is 0.757. The molecule has 20 heavy (non-hydrogen) atoms. The lowest BCUT2D eigenvalue weighted by Gasteiger charge is -2.08. The molecule has 0 atom stereocenters. The van der Waals surface area contributed by atoms with Crippen molar-refractivity contribution < 1.29 is 0 Å². The number of aromatic nitrogens is 2. The van der Waals surface area contributed by atoms with Crippen LogP contribution >= 0.6 is 23.2 Å². The minimum absolute atomic E-state index is 0.578. The number of benzene rings is 1. The number of anilines is 1. The monoisotopic (exact) mass is 308 g/mol. The van der Waals surface area contributed by atoms with Gasteiger partial charge in [0.25, 0.3) is 0 Å². The SMILES string of the molecule is Cc1nn(C)c(NCCc2ccc(Cl)cc2Cl)c1C#N. The van der Waals surface area contributed by atoms with Crippen LogP contribution in [0.2, 0.25) is 10.0 Å². The molecule has 2 rings (SSSR count). The molecule has 0 spiro atoms. The third-order valence-electron chi connectivity index (χ3n) is 3.04. The molecule has 0 unspecified atom stereocenters. The first-order valence-corrected chi connectivity index (χ1v) is 6.90. The zero-order chi connectivity index (χ0) is 14.7. The number of rotatable bonds is 4. The van der Waals surface area contributed by atoms with E-state index in [1.165, 1.54) is 0 Å². The molecule has 1 aromatic heterocycles. The topological polar surface area (TPSA) is 53.6 Å². The van der Waals surface area contributed by atoms with Crippen LogP contribution in [0.3, 0.4) is 0 Å². The summed E-state index contributed by atoms with van der Waals surface area (Å²) in [5.74, 6) is 0.732. The molecule has 0 saturated carbocycles. The van der Waals surface area contributed by atoms with Gasteiger partial charge in [0.1, 0.15) is 17.5 Å². The Morgan fingerprint density at radius 2 is 2.15 bits per heavy atom. The van der Waals surface area contributed by atoms with Crippen LogP contribution in [0.15, 0.2) is 18.2 Å². The van der Waals surface area contributed by atoms with Crippen LogP contribution in [0.5, 0.6) is 0 Å². The summed E-state index contributed by atoms with van der Waals surface area (Å²) in [6.45, 7) is 2.48. The van der Waals surface area contributed by atoms with E-state index in [1.807, 2.05) is 26.1 Å². The molecule has 0 radical (unpaired) electrons. The van der Waals surface area contributed by atoms with Crippen molar-refractivity contribution in [2.75, 3.05) is 11.9 Å². The summed E-state index contributed by atoms with van der Waals surface area (Å²) >= 11 is 12.0. The maximum Gasteiger partial charge on any atom is 0.142 e. The van der Waals surface area contributed by atoms with Gasteiger partial charge in [-0.25, -0.2) is 0 Å². The molecule has 1 N–H and O–H groups in total. The summed E-state index contributed by atoms with van der Waals surface area (Å²) < 4.78 is 1.68. The first-order chi connectivity index (χ1) is 9.52. The molecular formula is C14H14Cl2N4. The molecule has 4 nitrogen and oxygen atoms in total. The number of halogens is 2. The van der Waals surface area contributed by atoms with Crippen molar-refractivity contribution in [2.24, 2.45) is 7.05 Å². The van der Waals surface area contributed by atoms with E-state index in [1.54, 1.807) is 10.7 Å². The van der Waals surface area contributed by atoms with E-state index in [0.29, 0.717) is 22.2 Å². The van der Waals surface area contributed by atoms with Crippen LogP contribution in [-0.4, -0.2) is 16.3 Å². The van der Waals surface area contributed by atoms with Crippen LogP contribution in [0.1, 0.15) is 16.8 Å². The predicted molar refractivity (Wildman–Crippen MR) is 81.3 cm³/mol. The summed E-state index contributed by atoms with van der Waals surface area (Å²) in [5.41, 5.74) is 2.32. The van der Waals surface area contributed by atoms with Gasteiger partial charge in [-0.3, -0.25) is 4.68 Å². The Bertz CT molecular complexity index is 671. The van der Waals surface area contributed by atoms with Crippen molar-refractivity contribution in [3.8, 4) is 6.07 Å². The lowest BCUT2D eigenvalue weighted by Crippen LogP contribution is -2.09. The van der Waals surface area contributed by atoms with Gasteiger partial charge in [-0.2, -0.15) is 10.4 Å². The molecule has 0 aliphatic carbocycles. The molecule has 0 saturated heterocycles. The second-order valence-corrected chi connectivity index (χ2v) is 5.30. The highest BCUT2D eigenvalue weighted by atomic mass is 35.5. The molecule has 0 aliphatic rings. The van der Waals surface area contributed by atoms with Gasteiger partial charge in [0.15, 0.2) is 0 Å². The molecular weight excluding hydrogens is 295 g/mol. The lowest BCUT2D eigenvalue weighted by atomic mass is 10.1. The number of hydrogen-bond acceptors (Lipinski definition) is 3. The van der Waals surface area contributed by atoms with E-state index in [9.17, 15) is 0 Å². The fourth-order valence-electron chi connectivity index (χ4n) is 2.03. The Balaban J connectivity index is 2.05. The Morgan fingerprint density at radius 1 is 1.40 bits per heavy atom. The third kappa shape index (κ3) is 3.06. The van der Waals surface area contributed by atoms with Gasteiger partial charge in [0.05, 0.1) is 5.69 Å². The maximum atomic E-state index is 9.12. The zero-order valence-corrected chi connectivity index (χ0v) is 12.8. The van der Waals surface area contributed by atoms with E-state index in [0.717, 1.165) is 23.5 Å². The first kappa shape index (κ1) is 14.7. The molecule has 6 heteroatoms. The van der Waals surface area contributed by atoms with Crippen molar-refractivity contribution in [1.82, 2.24) is 9.78 Å². The average molecular weight is 309 g/mol. The van der Waals surface area contributed by atoms with E-state index in [2.05, 4.69) is 16.5 Å². The molecule has 0 amide bonds. The predicted octanol–water partition coefficient (Wildman–Crippen LogP) is 3.56. The van der Waals surface area contributed by atoms with Crippen molar-refractivity contribution in [2.45, 2.75) is 13.3 Å². The van der Waals surface area contributed by atoms with E-state index >= 15 is 0 Å². The van der Waals surface area contributed by atoms with Crippen LogP contribution < -0.4 is 5.32 Å². The molecule has 104 valence electrons. The van der Waals surface area contributed by atoms with Crippen LogP contribution in [0.4, 0.5) is 5.82 Å². The second-order valence-electron chi connectivity index (χ2n) is 4.46. The fraction of sp³-hybridized carbons (Fsp3) is 0.286. The maximum absolute atomic E-state index is 9.12. The van der Waals surface area contributed by atoms with Crippen molar-refractivity contribution in [3.63, 3.8) is 0 Å². The number of nitriles is 1.